The van der Waals surface area contributed by atoms with Crippen molar-refractivity contribution in [3.8, 4) is 0 Å². The fraction of sp³-hybridized carbons (Fsp3) is 0.208. The number of carbonyl (C=O) groups excluding carboxylic acids is 2. The van der Waals surface area contributed by atoms with Gasteiger partial charge in [-0.25, -0.2) is 0 Å². The molecule has 0 saturated carbocycles. The lowest BCUT2D eigenvalue weighted by Gasteiger charge is -2.12. The van der Waals surface area contributed by atoms with Crippen LogP contribution in [0.3, 0.4) is 0 Å². The maximum atomic E-state index is 13.8. The van der Waals surface area contributed by atoms with Crippen LogP contribution in [0.5, 0.6) is 0 Å². The number of para-hydroxylation sites is 1. The fourth-order valence-electron chi connectivity index (χ4n) is 4.47. The molecule has 6 nitrogen and oxygen atoms in total. The third-order valence-corrected chi connectivity index (χ3v) is 5.93. The molecule has 1 aliphatic heterocycles. The number of benzene rings is 2. The Balaban J connectivity index is 2.11. The number of fused-ring (bicyclic) bond motifs is 7. The van der Waals surface area contributed by atoms with Crippen LogP contribution in [-0.2, 0) is 6.54 Å². The van der Waals surface area contributed by atoms with Crippen molar-refractivity contribution in [1.29, 1.82) is 0 Å². The summed E-state index contributed by atoms with van der Waals surface area (Å²) in [6.45, 7) is 1.33. The minimum Gasteiger partial charge on any atom is -0.336 e. The van der Waals surface area contributed by atoms with Crippen molar-refractivity contribution in [2.24, 2.45) is 0 Å². The third kappa shape index (κ3) is 2.37. The molecule has 6 heteroatoms. The molecule has 1 aliphatic rings. The highest BCUT2D eigenvalue weighted by atomic mass is 16.2. The van der Waals surface area contributed by atoms with Gasteiger partial charge in [0.15, 0.2) is 0 Å². The topological polar surface area (TPSA) is 62.6 Å². The molecule has 0 saturated heterocycles. The Bertz CT molecular complexity index is 1450. The van der Waals surface area contributed by atoms with Crippen molar-refractivity contribution in [1.82, 2.24) is 14.4 Å². The number of amides is 2. The summed E-state index contributed by atoms with van der Waals surface area (Å²) in [4.78, 5) is 43.3. The van der Waals surface area contributed by atoms with Gasteiger partial charge < -0.3 is 9.47 Å². The zero-order valence-corrected chi connectivity index (χ0v) is 17.1. The quantitative estimate of drug-likeness (QED) is 0.497. The summed E-state index contributed by atoms with van der Waals surface area (Å²) in [6.07, 6.45) is 0. The van der Waals surface area contributed by atoms with Gasteiger partial charge in [0, 0.05) is 41.8 Å². The van der Waals surface area contributed by atoms with Crippen LogP contribution in [0.15, 0.2) is 53.3 Å². The Morgan fingerprint density at radius 3 is 2.10 bits per heavy atom. The number of carbonyl (C=O) groups is 2. The Morgan fingerprint density at radius 2 is 1.40 bits per heavy atom. The lowest BCUT2D eigenvalue weighted by Crippen LogP contribution is -2.24. The summed E-state index contributed by atoms with van der Waals surface area (Å²) in [7, 11) is 5.46. The van der Waals surface area contributed by atoms with Crippen molar-refractivity contribution in [3.05, 3.63) is 69.9 Å². The van der Waals surface area contributed by atoms with E-state index in [2.05, 4.69) is 4.90 Å². The van der Waals surface area contributed by atoms with Gasteiger partial charge in [-0.1, -0.05) is 42.5 Å². The van der Waals surface area contributed by atoms with E-state index in [1.165, 1.54) is 7.05 Å². The summed E-state index contributed by atoms with van der Waals surface area (Å²) < 4.78 is 2.00. The number of rotatable bonds is 3. The van der Waals surface area contributed by atoms with Crippen LogP contribution in [0.2, 0.25) is 0 Å². The third-order valence-electron chi connectivity index (χ3n) is 5.93. The first-order chi connectivity index (χ1) is 14.4. The van der Waals surface area contributed by atoms with Gasteiger partial charge in [-0.2, -0.15) is 0 Å². The molecule has 30 heavy (non-hydrogen) atoms. The monoisotopic (exact) mass is 399 g/mol. The molecule has 0 fully saturated rings. The van der Waals surface area contributed by atoms with Crippen molar-refractivity contribution in [2.75, 3.05) is 27.7 Å². The second-order valence-electron chi connectivity index (χ2n) is 7.99. The van der Waals surface area contributed by atoms with E-state index in [0.29, 0.717) is 39.3 Å². The molecular formula is C24H21N3O3. The second kappa shape index (κ2) is 6.50. The number of nitrogens with zero attached hydrogens (tertiary/aromatic N) is 3. The molecule has 2 amide bonds. The van der Waals surface area contributed by atoms with E-state index in [9.17, 15) is 14.4 Å². The zero-order chi connectivity index (χ0) is 21.2. The lowest BCUT2D eigenvalue weighted by molar-refractivity contribution is 0.0694. The van der Waals surface area contributed by atoms with Crippen LogP contribution in [0.4, 0.5) is 0 Å². The van der Waals surface area contributed by atoms with Crippen LogP contribution in [0.25, 0.3) is 32.6 Å². The van der Waals surface area contributed by atoms with Gasteiger partial charge in [-0.05, 0) is 25.5 Å². The van der Waals surface area contributed by atoms with E-state index in [1.807, 2.05) is 42.9 Å². The van der Waals surface area contributed by atoms with Crippen molar-refractivity contribution in [2.45, 2.75) is 6.54 Å². The summed E-state index contributed by atoms with van der Waals surface area (Å²) in [5, 5.41) is 2.37. The highest BCUT2D eigenvalue weighted by Crippen LogP contribution is 2.37. The molecule has 3 aromatic carbocycles. The average molecular weight is 399 g/mol. The Hall–Kier alpha value is -3.51. The van der Waals surface area contributed by atoms with Gasteiger partial charge in [0.05, 0.1) is 16.6 Å². The van der Waals surface area contributed by atoms with Crippen molar-refractivity contribution < 1.29 is 9.59 Å². The van der Waals surface area contributed by atoms with Gasteiger partial charge in [0.25, 0.3) is 11.8 Å². The van der Waals surface area contributed by atoms with E-state index < -0.39 is 0 Å². The Labute approximate surface area is 172 Å². The number of hydrogen-bond acceptors (Lipinski definition) is 4. The predicted molar refractivity (Wildman–Crippen MR) is 118 cm³/mol. The summed E-state index contributed by atoms with van der Waals surface area (Å²) in [6, 6.07) is 14.8. The molecule has 5 rings (SSSR count). The van der Waals surface area contributed by atoms with Gasteiger partial charge in [-0.15, -0.1) is 0 Å². The van der Waals surface area contributed by atoms with Crippen molar-refractivity contribution in [3.63, 3.8) is 0 Å². The molecule has 2 heterocycles. The van der Waals surface area contributed by atoms with Crippen LogP contribution in [0.1, 0.15) is 20.7 Å². The molecule has 0 N–H and O–H groups in total. The van der Waals surface area contributed by atoms with E-state index in [1.54, 1.807) is 24.3 Å². The molecule has 0 bridgehead atoms. The highest BCUT2D eigenvalue weighted by molar-refractivity contribution is 6.33. The molecule has 1 aromatic heterocycles. The van der Waals surface area contributed by atoms with Crippen LogP contribution < -0.4 is 5.43 Å². The molecular weight excluding hydrogens is 378 g/mol. The van der Waals surface area contributed by atoms with Crippen LogP contribution >= 0.6 is 0 Å². The predicted octanol–water partition coefficient (Wildman–Crippen LogP) is 3.10. The van der Waals surface area contributed by atoms with Crippen molar-refractivity contribution >= 4 is 44.4 Å². The standard InChI is InChI=1S/C24H21N3O3/c1-25(2)12-13-27-17-11-7-6-10-16(17)18-20-19(23(29)26(3)24(20)30)14-8-4-5-9-15(14)22(28)21(18)27/h4-11H,12-13H2,1-3H3. The molecule has 0 spiro atoms. The van der Waals surface area contributed by atoms with Crippen LogP contribution in [0, 0.1) is 0 Å². The van der Waals surface area contributed by atoms with Crippen LogP contribution in [-0.4, -0.2) is 53.9 Å². The van der Waals surface area contributed by atoms with E-state index in [4.69, 9.17) is 0 Å². The smallest absolute Gasteiger partial charge is 0.262 e. The maximum absolute atomic E-state index is 13.8. The lowest BCUT2D eigenvalue weighted by atomic mass is 10.0. The first-order valence-corrected chi connectivity index (χ1v) is 9.89. The summed E-state index contributed by atoms with van der Waals surface area (Å²) in [5.74, 6) is -0.732. The zero-order valence-electron chi connectivity index (χ0n) is 17.1. The minimum absolute atomic E-state index is 0.159. The number of imide groups is 1. The number of hydrogen-bond donors (Lipinski definition) is 0. The Morgan fingerprint density at radius 1 is 0.800 bits per heavy atom. The molecule has 150 valence electrons. The molecule has 0 radical (unpaired) electrons. The van der Waals surface area contributed by atoms with Gasteiger partial charge in [0.1, 0.15) is 0 Å². The Kier molecular flexibility index (Phi) is 4.01. The summed E-state index contributed by atoms with van der Waals surface area (Å²) in [5.41, 5.74) is 1.86. The maximum Gasteiger partial charge on any atom is 0.262 e. The molecule has 0 aliphatic carbocycles. The largest absolute Gasteiger partial charge is 0.336 e. The van der Waals surface area contributed by atoms with E-state index in [0.717, 1.165) is 22.3 Å². The summed E-state index contributed by atoms with van der Waals surface area (Å²) >= 11 is 0. The van der Waals surface area contributed by atoms with E-state index in [-0.39, 0.29) is 17.2 Å². The molecule has 0 unspecified atom stereocenters. The normalized spacial score (nSPS) is 13.9. The average Bonchev–Trinajstić information content (AvgIpc) is 3.13. The van der Waals surface area contributed by atoms with E-state index >= 15 is 0 Å². The SMILES string of the molecule is CN(C)CCn1c2ccccc2c2c3c(c4ccccc4c(=O)c21)C(=O)N(C)C3=O. The van der Waals surface area contributed by atoms with Gasteiger partial charge in [-0.3, -0.25) is 19.3 Å². The molecule has 0 atom stereocenters. The van der Waals surface area contributed by atoms with Gasteiger partial charge >= 0.3 is 0 Å². The fourth-order valence-corrected chi connectivity index (χ4v) is 4.47. The second-order valence-corrected chi connectivity index (χ2v) is 7.99. The highest BCUT2D eigenvalue weighted by Gasteiger charge is 2.37. The first-order valence-electron chi connectivity index (χ1n) is 9.89. The number of aromatic nitrogens is 1. The molecule has 4 aromatic rings. The number of likely N-dealkylation sites (N-methyl/N-ethyl adjacent to an activating group) is 1. The first kappa shape index (κ1) is 18.5. The van der Waals surface area contributed by atoms with Gasteiger partial charge in [0.2, 0.25) is 5.43 Å². The minimum atomic E-state index is -0.367.